The van der Waals surface area contributed by atoms with Gasteiger partial charge in [0.15, 0.2) is 0 Å². The van der Waals surface area contributed by atoms with Gasteiger partial charge in [-0.05, 0) is 18.1 Å². The van der Waals surface area contributed by atoms with E-state index in [0.29, 0.717) is 5.82 Å². The molecule has 4 heteroatoms. The van der Waals surface area contributed by atoms with E-state index in [1.165, 1.54) is 6.33 Å². The molecule has 0 unspecified atom stereocenters. The fraction of sp³-hybridized carbons (Fsp3) is 0.188. The van der Waals surface area contributed by atoms with Crippen molar-refractivity contribution in [2.24, 2.45) is 0 Å². The molecule has 0 saturated carbocycles. The highest BCUT2D eigenvalue weighted by Crippen LogP contribution is 2.30. The lowest BCUT2D eigenvalue weighted by atomic mass is 9.99. The van der Waals surface area contributed by atoms with Crippen LogP contribution in [0.25, 0.3) is 22.3 Å². The normalized spacial score (nSPS) is 11.2. The third-order valence-corrected chi connectivity index (χ3v) is 3.33. The molecule has 20 heavy (non-hydrogen) atoms. The minimum absolute atomic E-state index is 0.250. The van der Waals surface area contributed by atoms with Crippen LogP contribution in [0.1, 0.15) is 25.3 Å². The number of pyridine rings is 1. The van der Waals surface area contributed by atoms with Crippen molar-refractivity contribution in [2.45, 2.75) is 19.8 Å². The highest BCUT2D eigenvalue weighted by atomic mass is 14.9. The Labute approximate surface area is 117 Å². The minimum Gasteiger partial charge on any atom is -0.383 e. The van der Waals surface area contributed by atoms with Crippen LogP contribution in [0.15, 0.2) is 42.7 Å². The SMILES string of the molecule is CC(C)c1c(N)ncnc1-c1ccc2ccccc2n1. The van der Waals surface area contributed by atoms with Gasteiger partial charge in [0, 0.05) is 10.9 Å². The molecule has 0 radical (unpaired) electrons. The number of para-hydroxylation sites is 1. The third kappa shape index (κ3) is 2.09. The molecule has 0 bridgehead atoms. The Kier molecular flexibility index (Phi) is 3.06. The van der Waals surface area contributed by atoms with Crippen molar-refractivity contribution in [3.8, 4) is 11.4 Å². The summed E-state index contributed by atoms with van der Waals surface area (Å²) in [6.07, 6.45) is 1.49. The Hall–Kier alpha value is -2.49. The lowest BCUT2D eigenvalue weighted by molar-refractivity contribution is 0.853. The summed E-state index contributed by atoms with van der Waals surface area (Å²) < 4.78 is 0. The van der Waals surface area contributed by atoms with Crippen LogP contribution < -0.4 is 5.73 Å². The molecule has 0 fully saturated rings. The maximum absolute atomic E-state index is 5.99. The van der Waals surface area contributed by atoms with Gasteiger partial charge in [0.1, 0.15) is 12.1 Å². The number of fused-ring (bicyclic) bond motifs is 1. The predicted octanol–water partition coefficient (Wildman–Crippen LogP) is 3.40. The number of nitrogens with two attached hydrogens (primary N) is 1. The van der Waals surface area contributed by atoms with Crippen molar-refractivity contribution >= 4 is 16.7 Å². The molecule has 2 heterocycles. The number of nitrogens with zero attached hydrogens (tertiary/aromatic N) is 3. The average molecular weight is 264 g/mol. The summed E-state index contributed by atoms with van der Waals surface area (Å²) in [5, 5.41) is 1.12. The highest BCUT2D eigenvalue weighted by molar-refractivity contribution is 5.81. The van der Waals surface area contributed by atoms with E-state index in [-0.39, 0.29) is 5.92 Å². The number of hydrogen-bond acceptors (Lipinski definition) is 4. The third-order valence-electron chi connectivity index (χ3n) is 3.33. The summed E-state index contributed by atoms with van der Waals surface area (Å²) in [4.78, 5) is 13.2. The molecule has 2 N–H and O–H groups in total. The first-order valence-corrected chi connectivity index (χ1v) is 6.63. The summed E-state index contributed by atoms with van der Waals surface area (Å²) in [6, 6.07) is 12.1. The fourth-order valence-corrected chi connectivity index (χ4v) is 2.38. The lowest BCUT2D eigenvalue weighted by Crippen LogP contribution is -2.04. The molecule has 0 aliphatic rings. The minimum atomic E-state index is 0.250. The standard InChI is InChI=1S/C16H16N4/c1-10(2)14-15(18-9-19-16(14)17)13-8-7-11-5-3-4-6-12(11)20-13/h3-10H,1-2H3,(H2,17,18,19). The second kappa shape index (κ2) is 4.89. The van der Waals surface area contributed by atoms with Crippen LogP contribution in [0.3, 0.4) is 0 Å². The molecular formula is C16H16N4. The summed E-state index contributed by atoms with van der Waals surface area (Å²) in [6.45, 7) is 4.17. The zero-order valence-electron chi connectivity index (χ0n) is 11.5. The Balaban J connectivity index is 2.23. The Morgan fingerprint density at radius 3 is 2.60 bits per heavy atom. The summed E-state index contributed by atoms with van der Waals surface area (Å²) >= 11 is 0. The smallest absolute Gasteiger partial charge is 0.130 e. The van der Waals surface area contributed by atoms with Crippen LogP contribution in [0.2, 0.25) is 0 Å². The van der Waals surface area contributed by atoms with Crippen LogP contribution in [-0.2, 0) is 0 Å². The van der Waals surface area contributed by atoms with E-state index in [2.05, 4.69) is 34.9 Å². The summed E-state index contributed by atoms with van der Waals surface area (Å²) in [5.41, 5.74) is 9.56. The topological polar surface area (TPSA) is 64.7 Å². The molecule has 0 aliphatic carbocycles. The van der Waals surface area contributed by atoms with Gasteiger partial charge < -0.3 is 5.73 Å². The van der Waals surface area contributed by atoms with E-state index >= 15 is 0 Å². The summed E-state index contributed by atoms with van der Waals surface area (Å²) in [7, 11) is 0. The molecule has 100 valence electrons. The Bertz CT molecular complexity index is 765. The maximum atomic E-state index is 5.99. The van der Waals surface area contributed by atoms with Gasteiger partial charge in [-0.1, -0.05) is 38.1 Å². The average Bonchev–Trinajstić information content (AvgIpc) is 2.46. The number of anilines is 1. The van der Waals surface area contributed by atoms with Crippen LogP contribution in [0.5, 0.6) is 0 Å². The zero-order chi connectivity index (χ0) is 14.1. The molecule has 3 aromatic rings. The van der Waals surface area contributed by atoms with Gasteiger partial charge in [-0.15, -0.1) is 0 Å². The maximum Gasteiger partial charge on any atom is 0.130 e. The zero-order valence-corrected chi connectivity index (χ0v) is 11.5. The van der Waals surface area contributed by atoms with E-state index in [9.17, 15) is 0 Å². The monoisotopic (exact) mass is 264 g/mol. The Morgan fingerprint density at radius 2 is 1.80 bits per heavy atom. The number of rotatable bonds is 2. The van der Waals surface area contributed by atoms with Gasteiger partial charge in [-0.3, -0.25) is 0 Å². The van der Waals surface area contributed by atoms with Crippen LogP contribution in [0, 0.1) is 0 Å². The van der Waals surface area contributed by atoms with Crippen LogP contribution in [0.4, 0.5) is 5.82 Å². The molecule has 0 atom stereocenters. The Morgan fingerprint density at radius 1 is 1.00 bits per heavy atom. The molecule has 4 nitrogen and oxygen atoms in total. The fourth-order valence-electron chi connectivity index (χ4n) is 2.38. The number of hydrogen-bond donors (Lipinski definition) is 1. The van der Waals surface area contributed by atoms with Gasteiger partial charge in [0.05, 0.1) is 16.9 Å². The molecule has 0 aliphatic heterocycles. The van der Waals surface area contributed by atoms with Crippen molar-refractivity contribution in [2.75, 3.05) is 5.73 Å². The number of aromatic nitrogens is 3. The van der Waals surface area contributed by atoms with Crippen molar-refractivity contribution in [1.29, 1.82) is 0 Å². The van der Waals surface area contributed by atoms with Gasteiger partial charge in [-0.25, -0.2) is 15.0 Å². The van der Waals surface area contributed by atoms with Crippen molar-refractivity contribution in [3.63, 3.8) is 0 Å². The molecule has 3 rings (SSSR count). The van der Waals surface area contributed by atoms with Crippen molar-refractivity contribution in [1.82, 2.24) is 15.0 Å². The van der Waals surface area contributed by atoms with Gasteiger partial charge in [-0.2, -0.15) is 0 Å². The molecule has 0 saturated heterocycles. The van der Waals surface area contributed by atoms with E-state index in [0.717, 1.165) is 27.9 Å². The molecule has 0 spiro atoms. The second-order valence-corrected chi connectivity index (χ2v) is 5.07. The predicted molar refractivity (Wildman–Crippen MR) is 81.3 cm³/mol. The molecular weight excluding hydrogens is 248 g/mol. The molecule has 0 amide bonds. The van der Waals surface area contributed by atoms with Crippen LogP contribution in [-0.4, -0.2) is 15.0 Å². The lowest BCUT2D eigenvalue weighted by Gasteiger charge is -2.13. The second-order valence-electron chi connectivity index (χ2n) is 5.07. The summed E-state index contributed by atoms with van der Waals surface area (Å²) in [5.74, 6) is 0.777. The van der Waals surface area contributed by atoms with Gasteiger partial charge in [0.2, 0.25) is 0 Å². The van der Waals surface area contributed by atoms with E-state index in [1.807, 2.05) is 30.3 Å². The van der Waals surface area contributed by atoms with Gasteiger partial charge >= 0.3 is 0 Å². The largest absolute Gasteiger partial charge is 0.383 e. The van der Waals surface area contributed by atoms with Crippen molar-refractivity contribution < 1.29 is 0 Å². The number of nitrogen functional groups attached to an aromatic ring is 1. The van der Waals surface area contributed by atoms with Gasteiger partial charge in [0.25, 0.3) is 0 Å². The van der Waals surface area contributed by atoms with Crippen LogP contribution >= 0.6 is 0 Å². The van der Waals surface area contributed by atoms with Crippen molar-refractivity contribution in [3.05, 3.63) is 48.3 Å². The molecule has 2 aromatic heterocycles. The van der Waals surface area contributed by atoms with E-state index in [4.69, 9.17) is 5.73 Å². The van der Waals surface area contributed by atoms with E-state index in [1.54, 1.807) is 0 Å². The van der Waals surface area contributed by atoms with E-state index < -0.39 is 0 Å². The molecule has 1 aromatic carbocycles. The first kappa shape index (κ1) is 12.5. The number of benzene rings is 1. The highest BCUT2D eigenvalue weighted by Gasteiger charge is 2.15. The quantitative estimate of drug-likeness (QED) is 0.770. The first-order valence-electron chi connectivity index (χ1n) is 6.63. The first-order chi connectivity index (χ1) is 9.66.